The highest BCUT2D eigenvalue weighted by Crippen LogP contribution is 2.32. The molecule has 82 valence electrons. The fourth-order valence-electron chi connectivity index (χ4n) is 1.59. The third kappa shape index (κ3) is 2.35. The van der Waals surface area contributed by atoms with Gasteiger partial charge in [-0.1, -0.05) is 26.0 Å². The zero-order chi connectivity index (χ0) is 11.4. The van der Waals surface area contributed by atoms with Gasteiger partial charge in [0, 0.05) is 11.5 Å². The van der Waals surface area contributed by atoms with Gasteiger partial charge in [0.1, 0.15) is 6.29 Å². The summed E-state index contributed by atoms with van der Waals surface area (Å²) in [5, 5.41) is 0. The van der Waals surface area contributed by atoms with Gasteiger partial charge >= 0.3 is 0 Å². The van der Waals surface area contributed by atoms with Crippen molar-refractivity contribution in [2.45, 2.75) is 19.8 Å². The standard InChI is InChI=1S/C12H15FO2/c1-8(2)10(7-14)9-5-4-6-11(13)12(9)15-3/h4-8,10H,1-3H3. The quantitative estimate of drug-likeness (QED) is 0.714. The monoisotopic (exact) mass is 210 g/mol. The average molecular weight is 210 g/mol. The average Bonchev–Trinajstić information content (AvgIpc) is 2.18. The fourth-order valence-corrected chi connectivity index (χ4v) is 1.59. The topological polar surface area (TPSA) is 26.3 Å². The lowest BCUT2D eigenvalue weighted by atomic mass is 9.89. The SMILES string of the molecule is COc1c(F)cccc1C(C=O)C(C)C. The predicted molar refractivity (Wildman–Crippen MR) is 56.6 cm³/mol. The second-order valence-corrected chi connectivity index (χ2v) is 3.77. The van der Waals surface area contributed by atoms with Gasteiger partial charge in [0.15, 0.2) is 11.6 Å². The van der Waals surface area contributed by atoms with Crippen LogP contribution < -0.4 is 4.74 Å². The molecule has 0 saturated heterocycles. The molecule has 1 aromatic rings. The van der Waals surface area contributed by atoms with Crippen LogP contribution in [0.5, 0.6) is 5.75 Å². The summed E-state index contributed by atoms with van der Waals surface area (Å²) in [7, 11) is 1.41. The van der Waals surface area contributed by atoms with E-state index in [4.69, 9.17) is 4.74 Å². The number of benzene rings is 1. The minimum absolute atomic E-state index is 0.123. The van der Waals surface area contributed by atoms with E-state index in [1.807, 2.05) is 13.8 Å². The van der Waals surface area contributed by atoms with Crippen molar-refractivity contribution in [1.29, 1.82) is 0 Å². The first kappa shape index (κ1) is 11.7. The van der Waals surface area contributed by atoms with Crippen molar-refractivity contribution in [2.24, 2.45) is 5.92 Å². The minimum Gasteiger partial charge on any atom is -0.493 e. The first-order chi connectivity index (χ1) is 7.11. The number of aldehydes is 1. The molecule has 0 fully saturated rings. The summed E-state index contributed by atoms with van der Waals surface area (Å²) in [5.74, 6) is -0.459. The Balaban J connectivity index is 3.22. The van der Waals surface area contributed by atoms with Crippen molar-refractivity contribution < 1.29 is 13.9 Å². The summed E-state index contributed by atoms with van der Waals surface area (Å²) < 4.78 is 18.3. The Morgan fingerprint density at radius 1 is 1.40 bits per heavy atom. The van der Waals surface area contributed by atoms with Crippen LogP contribution in [0.25, 0.3) is 0 Å². The number of hydrogen-bond acceptors (Lipinski definition) is 2. The van der Waals surface area contributed by atoms with Gasteiger partial charge in [-0.2, -0.15) is 0 Å². The fraction of sp³-hybridized carbons (Fsp3) is 0.417. The van der Waals surface area contributed by atoms with Crippen LogP contribution in [0.1, 0.15) is 25.3 Å². The Morgan fingerprint density at radius 3 is 2.53 bits per heavy atom. The van der Waals surface area contributed by atoms with E-state index in [0.29, 0.717) is 5.56 Å². The molecule has 15 heavy (non-hydrogen) atoms. The molecule has 1 unspecified atom stereocenters. The lowest BCUT2D eigenvalue weighted by Crippen LogP contribution is -2.10. The number of methoxy groups -OCH3 is 1. The van der Waals surface area contributed by atoms with E-state index in [1.165, 1.54) is 13.2 Å². The van der Waals surface area contributed by atoms with Crippen LogP contribution in [0.3, 0.4) is 0 Å². The second-order valence-electron chi connectivity index (χ2n) is 3.77. The zero-order valence-electron chi connectivity index (χ0n) is 9.16. The maximum atomic E-state index is 13.4. The molecule has 3 heteroatoms. The molecule has 0 saturated carbocycles. The minimum atomic E-state index is -0.428. The molecule has 0 heterocycles. The van der Waals surface area contributed by atoms with Crippen LogP contribution in [0.4, 0.5) is 4.39 Å². The van der Waals surface area contributed by atoms with Gasteiger partial charge in [0.05, 0.1) is 7.11 Å². The number of halogens is 1. The molecular formula is C12H15FO2. The van der Waals surface area contributed by atoms with Crippen LogP contribution in [0, 0.1) is 11.7 Å². The Morgan fingerprint density at radius 2 is 2.07 bits per heavy atom. The summed E-state index contributed by atoms with van der Waals surface area (Å²) >= 11 is 0. The third-order valence-corrected chi connectivity index (χ3v) is 2.43. The number of ether oxygens (including phenoxy) is 1. The summed E-state index contributed by atoms with van der Waals surface area (Å²) in [6.07, 6.45) is 0.835. The van der Waals surface area contributed by atoms with Crippen LogP contribution >= 0.6 is 0 Å². The Kier molecular flexibility index (Phi) is 3.83. The maximum absolute atomic E-state index is 13.4. The summed E-state index contributed by atoms with van der Waals surface area (Å²) in [6, 6.07) is 4.64. The van der Waals surface area contributed by atoms with E-state index >= 15 is 0 Å². The zero-order valence-corrected chi connectivity index (χ0v) is 9.16. The van der Waals surface area contributed by atoms with Gasteiger partial charge in [-0.3, -0.25) is 0 Å². The van der Waals surface area contributed by atoms with E-state index in [9.17, 15) is 9.18 Å². The molecule has 0 N–H and O–H groups in total. The predicted octanol–water partition coefficient (Wildman–Crippen LogP) is 2.77. The van der Waals surface area contributed by atoms with Crippen LogP contribution in [-0.2, 0) is 4.79 Å². The molecule has 0 aliphatic heterocycles. The van der Waals surface area contributed by atoms with E-state index in [1.54, 1.807) is 12.1 Å². The number of carbonyl (C=O) groups is 1. The highest BCUT2D eigenvalue weighted by atomic mass is 19.1. The number of carbonyl (C=O) groups excluding carboxylic acids is 1. The lowest BCUT2D eigenvalue weighted by Gasteiger charge is -2.17. The molecule has 1 rings (SSSR count). The number of para-hydroxylation sites is 1. The lowest BCUT2D eigenvalue weighted by molar-refractivity contribution is -0.109. The van der Waals surface area contributed by atoms with Crippen molar-refractivity contribution in [3.8, 4) is 5.75 Å². The van der Waals surface area contributed by atoms with Crippen molar-refractivity contribution in [1.82, 2.24) is 0 Å². The van der Waals surface area contributed by atoms with Gasteiger partial charge in [-0.15, -0.1) is 0 Å². The van der Waals surface area contributed by atoms with Crippen molar-refractivity contribution >= 4 is 6.29 Å². The molecule has 0 aromatic heterocycles. The molecule has 1 aromatic carbocycles. The normalized spacial score (nSPS) is 12.6. The number of rotatable bonds is 4. The summed E-state index contributed by atoms with van der Waals surface area (Å²) in [6.45, 7) is 3.84. The van der Waals surface area contributed by atoms with Crippen molar-refractivity contribution in [2.75, 3.05) is 7.11 Å². The van der Waals surface area contributed by atoms with Gasteiger partial charge in [0.2, 0.25) is 0 Å². The molecule has 0 bridgehead atoms. The van der Waals surface area contributed by atoms with Gasteiger partial charge < -0.3 is 9.53 Å². The highest BCUT2D eigenvalue weighted by molar-refractivity contribution is 5.65. The van der Waals surface area contributed by atoms with Crippen molar-refractivity contribution in [3.05, 3.63) is 29.6 Å². The highest BCUT2D eigenvalue weighted by Gasteiger charge is 2.20. The third-order valence-electron chi connectivity index (χ3n) is 2.43. The Bertz CT molecular complexity index is 347. The second kappa shape index (κ2) is 4.91. The van der Waals surface area contributed by atoms with Gasteiger partial charge in [-0.05, 0) is 12.0 Å². The van der Waals surface area contributed by atoms with E-state index in [-0.39, 0.29) is 17.6 Å². The molecule has 2 nitrogen and oxygen atoms in total. The van der Waals surface area contributed by atoms with E-state index < -0.39 is 5.82 Å². The Hall–Kier alpha value is -1.38. The summed E-state index contributed by atoms with van der Waals surface area (Å²) in [5.41, 5.74) is 0.613. The van der Waals surface area contributed by atoms with E-state index in [0.717, 1.165) is 6.29 Å². The first-order valence-electron chi connectivity index (χ1n) is 4.89. The molecular weight excluding hydrogens is 195 g/mol. The van der Waals surface area contributed by atoms with Crippen LogP contribution in [0.15, 0.2) is 18.2 Å². The molecule has 0 amide bonds. The number of hydrogen-bond donors (Lipinski definition) is 0. The van der Waals surface area contributed by atoms with Crippen LogP contribution in [-0.4, -0.2) is 13.4 Å². The molecule has 0 aliphatic rings. The van der Waals surface area contributed by atoms with Gasteiger partial charge in [0.25, 0.3) is 0 Å². The molecule has 0 spiro atoms. The molecule has 1 atom stereocenters. The Labute approximate surface area is 89.1 Å². The molecule has 0 radical (unpaired) electrons. The maximum Gasteiger partial charge on any atom is 0.165 e. The van der Waals surface area contributed by atoms with E-state index in [2.05, 4.69) is 0 Å². The van der Waals surface area contributed by atoms with Crippen LogP contribution in [0.2, 0.25) is 0 Å². The largest absolute Gasteiger partial charge is 0.493 e. The molecule has 0 aliphatic carbocycles. The first-order valence-corrected chi connectivity index (χ1v) is 4.89. The van der Waals surface area contributed by atoms with Gasteiger partial charge in [-0.25, -0.2) is 4.39 Å². The smallest absolute Gasteiger partial charge is 0.165 e. The van der Waals surface area contributed by atoms with Crippen molar-refractivity contribution in [3.63, 3.8) is 0 Å². The summed E-state index contributed by atoms with van der Waals surface area (Å²) in [4.78, 5) is 10.9.